The minimum Gasteiger partial charge on any atom is -0.480 e. The summed E-state index contributed by atoms with van der Waals surface area (Å²) in [6, 6.07) is -0.417. The van der Waals surface area contributed by atoms with Crippen LogP contribution >= 0.6 is 11.6 Å². The molecule has 20 heavy (non-hydrogen) atoms. The van der Waals surface area contributed by atoms with Crippen LogP contribution in [0, 0.1) is 12.8 Å². The largest absolute Gasteiger partial charge is 0.480 e. The Morgan fingerprint density at radius 2 is 2.25 bits per heavy atom. The van der Waals surface area contributed by atoms with Gasteiger partial charge in [0, 0.05) is 13.6 Å². The molecule has 1 fully saturated rings. The van der Waals surface area contributed by atoms with Crippen LogP contribution in [0.15, 0.2) is 0 Å². The van der Waals surface area contributed by atoms with Gasteiger partial charge >= 0.3 is 5.97 Å². The fourth-order valence-electron chi connectivity index (χ4n) is 2.95. The lowest BCUT2D eigenvalue weighted by atomic mass is 9.89. The number of nitrogens with zero attached hydrogens (tertiary/aromatic N) is 3. The molecule has 2 heterocycles. The molecular formula is C14H22ClN3O2. The molecule has 5 nitrogen and oxygen atoms in total. The Labute approximate surface area is 124 Å². The Morgan fingerprint density at radius 1 is 1.55 bits per heavy atom. The third kappa shape index (κ3) is 2.99. The van der Waals surface area contributed by atoms with E-state index in [4.69, 9.17) is 11.6 Å². The summed E-state index contributed by atoms with van der Waals surface area (Å²) in [5.41, 5.74) is 1.69. The average molecular weight is 300 g/mol. The third-order valence-corrected chi connectivity index (χ3v) is 4.79. The van der Waals surface area contributed by atoms with Gasteiger partial charge in [0.1, 0.15) is 6.04 Å². The van der Waals surface area contributed by atoms with Crippen molar-refractivity contribution >= 4 is 17.6 Å². The molecule has 112 valence electrons. The average Bonchev–Trinajstić information content (AvgIpc) is 2.65. The second-order valence-corrected chi connectivity index (χ2v) is 5.97. The van der Waals surface area contributed by atoms with Gasteiger partial charge in [-0.15, -0.1) is 0 Å². The van der Waals surface area contributed by atoms with Gasteiger partial charge in [0.15, 0.2) is 0 Å². The number of carboxylic acids is 1. The van der Waals surface area contributed by atoms with Gasteiger partial charge in [-0.25, -0.2) is 0 Å². The van der Waals surface area contributed by atoms with E-state index in [0.29, 0.717) is 17.5 Å². The highest BCUT2D eigenvalue weighted by Crippen LogP contribution is 2.29. The number of rotatable bonds is 4. The summed E-state index contributed by atoms with van der Waals surface area (Å²) in [6.07, 6.45) is 2.82. The van der Waals surface area contributed by atoms with Gasteiger partial charge in [-0.05, 0) is 32.2 Å². The first-order chi connectivity index (χ1) is 9.43. The molecule has 2 unspecified atom stereocenters. The Hall–Kier alpha value is -1.07. The summed E-state index contributed by atoms with van der Waals surface area (Å²) in [7, 11) is 1.85. The van der Waals surface area contributed by atoms with E-state index in [1.54, 1.807) is 4.68 Å². The lowest BCUT2D eigenvalue weighted by Gasteiger charge is -2.36. The molecule has 0 aliphatic carbocycles. The molecule has 2 rings (SSSR count). The first-order valence-corrected chi connectivity index (χ1v) is 7.46. The number of aromatic nitrogens is 2. The van der Waals surface area contributed by atoms with Crippen LogP contribution in [-0.2, 0) is 18.4 Å². The molecule has 6 heteroatoms. The van der Waals surface area contributed by atoms with Gasteiger partial charge in [0.25, 0.3) is 0 Å². The number of hydrogen-bond acceptors (Lipinski definition) is 3. The van der Waals surface area contributed by atoms with E-state index in [9.17, 15) is 9.90 Å². The first kappa shape index (κ1) is 15.3. The predicted molar refractivity (Wildman–Crippen MR) is 77.8 cm³/mol. The molecule has 1 N–H and O–H groups in total. The summed E-state index contributed by atoms with van der Waals surface area (Å²) in [4.78, 5) is 13.5. The van der Waals surface area contributed by atoms with E-state index in [-0.39, 0.29) is 0 Å². The molecule has 1 aliphatic heterocycles. The standard InChI is InChI=1S/C14H22ClN3O2/c1-4-10-5-6-18(11(7-10)14(19)20)8-12-13(15)9(2)16-17(12)3/h10-11H,4-8H2,1-3H3,(H,19,20). The summed E-state index contributed by atoms with van der Waals surface area (Å²) in [5.74, 6) is -0.228. The van der Waals surface area contributed by atoms with Crippen molar-refractivity contribution in [3.63, 3.8) is 0 Å². The molecule has 0 radical (unpaired) electrons. The third-order valence-electron chi connectivity index (χ3n) is 4.30. The van der Waals surface area contributed by atoms with Crippen LogP contribution in [0.5, 0.6) is 0 Å². The molecule has 0 amide bonds. The first-order valence-electron chi connectivity index (χ1n) is 7.08. The molecule has 0 spiro atoms. The highest BCUT2D eigenvalue weighted by Gasteiger charge is 2.33. The zero-order chi connectivity index (χ0) is 14.9. The number of likely N-dealkylation sites (tertiary alicyclic amines) is 1. The van der Waals surface area contributed by atoms with E-state index >= 15 is 0 Å². The minimum atomic E-state index is -0.738. The Morgan fingerprint density at radius 3 is 2.75 bits per heavy atom. The lowest BCUT2D eigenvalue weighted by Crippen LogP contribution is -2.46. The summed E-state index contributed by atoms with van der Waals surface area (Å²) < 4.78 is 1.75. The van der Waals surface area contributed by atoms with E-state index in [0.717, 1.165) is 37.2 Å². The number of piperidine rings is 1. The summed E-state index contributed by atoms with van der Waals surface area (Å²) >= 11 is 6.26. The summed E-state index contributed by atoms with van der Waals surface area (Å²) in [6.45, 7) is 5.34. The maximum absolute atomic E-state index is 11.5. The second-order valence-electron chi connectivity index (χ2n) is 5.59. The maximum atomic E-state index is 11.5. The van der Waals surface area contributed by atoms with E-state index in [2.05, 4.69) is 12.0 Å². The fourth-order valence-corrected chi connectivity index (χ4v) is 3.17. The van der Waals surface area contributed by atoms with Crippen LogP contribution in [0.1, 0.15) is 37.6 Å². The number of hydrogen-bond donors (Lipinski definition) is 1. The van der Waals surface area contributed by atoms with Crippen LogP contribution in [0.4, 0.5) is 0 Å². The molecule has 1 aromatic heterocycles. The van der Waals surface area contributed by atoms with E-state index in [1.165, 1.54) is 0 Å². The van der Waals surface area contributed by atoms with Gasteiger partial charge in [0.05, 0.1) is 16.4 Å². The van der Waals surface area contributed by atoms with Gasteiger partial charge in [-0.1, -0.05) is 24.9 Å². The van der Waals surface area contributed by atoms with Crippen LogP contribution in [0.2, 0.25) is 5.02 Å². The number of halogens is 1. The lowest BCUT2D eigenvalue weighted by molar-refractivity contribution is -0.145. The van der Waals surface area contributed by atoms with Crippen molar-refractivity contribution in [1.29, 1.82) is 0 Å². The number of carboxylic acid groups (broad SMARTS) is 1. The molecule has 1 aliphatic rings. The monoisotopic (exact) mass is 299 g/mol. The zero-order valence-corrected chi connectivity index (χ0v) is 13.0. The maximum Gasteiger partial charge on any atom is 0.320 e. The van der Waals surface area contributed by atoms with Gasteiger partial charge in [-0.2, -0.15) is 5.10 Å². The van der Waals surface area contributed by atoms with Crippen molar-refractivity contribution < 1.29 is 9.90 Å². The molecule has 0 aromatic carbocycles. The van der Waals surface area contributed by atoms with Crippen molar-refractivity contribution in [2.45, 2.75) is 45.7 Å². The Kier molecular flexibility index (Phi) is 4.70. The Balaban J connectivity index is 2.16. The van der Waals surface area contributed by atoms with Gasteiger partial charge in [0.2, 0.25) is 0 Å². The number of aryl methyl sites for hydroxylation is 2. The van der Waals surface area contributed by atoms with Crippen molar-refractivity contribution in [2.24, 2.45) is 13.0 Å². The molecule has 0 saturated carbocycles. The summed E-state index contributed by atoms with van der Waals surface area (Å²) in [5, 5.41) is 14.4. The SMILES string of the molecule is CCC1CCN(Cc2c(Cl)c(C)nn2C)C(C(=O)O)C1. The fraction of sp³-hybridized carbons (Fsp3) is 0.714. The number of aliphatic carboxylic acids is 1. The molecular weight excluding hydrogens is 278 g/mol. The smallest absolute Gasteiger partial charge is 0.320 e. The molecule has 1 aromatic rings. The molecule has 1 saturated heterocycles. The van der Waals surface area contributed by atoms with Crippen LogP contribution in [-0.4, -0.2) is 38.3 Å². The van der Waals surface area contributed by atoms with Crippen LogP contribution in [0.3, 0.4) is 0 Å². The normalized spacial score (nSPS) is 24.0. The minimum absolute atomic E-state index is 0.417. The van der Waals surface area contributed by atoms with Gasteiger partial charge in [-0.3, -0.25) is 14.4 Å². The van der Waals surface area contributed by atoms with Crippen molar-refractivity contribution in [3.05, 3.63) is 16.4 Å². The topological polar surface area (TPSA) is 58.4 Å². The highest BCUT2D eigenvalue weighted by molar-refractivity contribution is 6.31. The van der Waals surface area contributed by atoms with Crippen molar-refractivity contribution in [2.75, 3.05) is 6.54 Å². The van der Waals surface area contributed by atoms with Crippen LogP contribution in [0.25, 0.3) is 0 Å². The van der Waals surface area contributed by atoms with Gasteiger partial charge < -0.3 is 5.11 Å². The van der Waals surface area contributed by atoms with Crippen molar-refractivity contribution in [3.8, 4) is 0 Å². The highest BCUT2D eigenvalue weighted by atomic mass is 35.5. The predicted octanol–water partition coefficient (Wildman–Crippen LogP) is 2.46. The Bertz CT molecular complexity index is 501. The molecule has 0 bridgehead atoms. The van der Waals surface area contributed by atoms with Crippen LogP contribution < -0.4 is 0 Å². The van der Waals surface area contributed by atoms with E-state index in [1.807, 2.05) is 18.9 Å². The van der Waals surface area contributed by atoms with Crippen molar-refractivity contribution in [1.82, 2.24) is 14.7 Å². The number of carbonyl (C=O) groups is 1. The van der Waals surface area contributed by atoms with E-state index < -0.39 is 12.0 Å². The quantitative estimate of drug-likeness (QED) is 0.928. The second kappa shape index (κ2) is 6.14. The zero-order valence-electron chi connectivity index (χ0n) is 12.3. The molecule has 2 atom stereocenters.